The third-order valence-electron chi connectivity index (χ3n) is 4.83. The van der Waals surface area contributed by atoms with Crippen molar-refractivity contribution >= 4 is 5.91 Å². The number of ether oxygens (including phenoxy) is 2. The number of hydrogen-bond acceptors (Lipinski definition) is 4. The monoisotopic (exact) mass is 348 g/mol. The summed E-state index contributed by atoms with van der Waals surface area (Å²) < 4.78 is 11.6. The van der Waals surface area contributed by atoms with Gasteiger partial charge in [0.25, 0.3) is 0 Å². The number of nitrogens with two attached hydrogens (primary N) is 1. The fraction of sp³-hybridized carbons (Fsp3) is 0.650. The Morgan fingerprint density at radius 1 is 1.20 bits per heavy atom. The molecular formula is C20H32N2O3. The molecule has 1 amide bonds. The number of piperidine rings is 1. The number of nitrogens with zero attached hydrogens (tertiary/aromatic N) is 1. The van der Waals surface area contributed by atoms with E-state index in [0.29, 0.717) is 19.6 Å². The Morgan fingerprint density at radius 2 is 1.92 bits per heavy atom. The summed E-state index contributed by atoms with van der Waals surface area (Å²) in [6.07, 6.45) is 3.41. The van der Waals surface area contributed by atoms with Crippen LogP contribution < -0.4 is 10.5 Å². The van der Waals surface area contributed by atoms with Crippen molar-refractivity contribution in [2.24, 2.45) is 5.73 Å². The lowest BCUT2D eigenvalue weighted by molar-refractivity contribution is -0.134. The molecule has 2 N–H and O–H groups in total. The van der Waals surface area contributed by atoms with Gasteiger partial charge < -0.3 is 20.1 Å². The highest BCUT2D eigenvalue weighted by Crippen LogP contribution is 2.23. The van der Waals surface area contributed by atoms with Gasteiger partial charge in [0.15, 0.2) is 0 Å². The molecule has 140 valence electrons. The minimum absolute atomic E-state index is 0.169. The first-order chi connectivity index (χ1) is 12.0. The molecule has 0 radical (unpaired) electrons. The third-order valence-corrected chi connectivity index (χ3v) is 4.83. The van der Waals surface area contributed by atoms with E-state index < -0.39 is 0 Å². The smallest absolute Gasteiger partial charge is 0.226 e. The van der Waals surface area contributed by atoms with E-state index in [1.807, 2.05) is 11.0 Å². The van der Waals surface area contributed by atoms with E-state index in [4.69, 9.17) is 15.2 Å². The van der Waals surface area contributed by atoms with Crippen molar-refractivity contribution in [3.8, 4) is 5.75 Å². The van der Waals surface area contributed by atoms with Crippen LogP contribution in [-0.4, -0.2) is 49.8 Å². The molecule has 0 unspecified atom stereocenters. The maximum absolute atomic E-state index is 12.4. The summed E-state index contributed by atoms with van der Waals surface area (Å²) in [6, 6.07) is 4.18. The van der Waals surface area contributed by atoms with E-state index in [1.54, 1.807) is 0 Å². The van der Waals surface area contributed by atoms with E-state index in [1.165, 1.54) is 11.1 Å². The van der Waals surface area contributed by atoms with Crippen LogP contribution in [0.5, 0.6) is 5.75 Å². The summed E-state index contributed by atoms with van der Waals surface area (Å²) in [5.41, 5.74) is 9.02. The molecule has 1 aliphatic rings. The number of rotatable bonds is 8. The van der Waals surface area contributed by atoms with Gasteiger partial charge in [0.2, 0.25) is 5.91 Å². The molecule has 1 aliphatic heterocycles. The second-order valence-electron chi connectivity index (χ2n) is 6.90. The van der Waals surface area contributed by atoms with E-state index in [-0.39, 0.29) is 12.0 Å². The van der Waals surface area contributed by atoms with Gasteiger partial charge in [-0.1, -0.05) is 6.07 Å². The molecule has 1 heterocycles. The molecule has 5 nitrogen and oxygen atoms in total. The Balaban J connectivity index is 1.71. The van der Waals surface area contributed by atoms with Crippen molar-refractivity contribution in [3.05, 3.63) is 28.8 Å². The van der Waals surface area contributed by atoms with Gasteiger partial charge in [-0.2, -0.15) is 0 Å². The molecule has 1 aromatic carbocycles. The van der Waals surface area contributed by atoms with Gasteiger partial charge in [0.05, 0.1) is 19.1 Å². The van der Waals surface area contributed by atoms with Gasteiger partial charge in [0.1, 0.15) is 5.75 Å². The predicted octanol–water partition coefficient (Wildman–Crippen LogP) is 2.74. The summed E-state index contributed by atoms with van der Waals surface area (Å²) in [5.74, 6) is 1.06. The van der Waals surface area contributed by atoms with Crippen LogP contribution in [0.25, 0.3) is 0 Å². The van der Waals surface area contributed by atoms with E-state index in [9.17, 15) is 4.79 Å². The third kappa shape index (κ3) is 6.01. The van der Waals surface area contributed by atoms with Gasteiger partial charge in [-0.3, -0.25) is 4.79 Å². The summed E-state index contributed by atoms with van der Waals surface area (Å²) in [5, 5.41) is 0. The fourth-order valence-corrected chi connectivity index (χ4v) is 3.16. The van der Waals surface area contributed by atoms with Gasteiger partial charge >= 0.3 is 0 Å². The maximum Gasteiger partial charge on any atom is 0.226 e. The number of carbonyl (C=O) groups excluding carboxylic acids is 1. The summed E-state index contributed by atoms with van der Waals surface area (Å²) >= 11 is 0. The Morgan fingerprint density at radius 3 is 2.60 bits per heavy atom. The fourth-order valence-electron chi connectivity index (χ4n) is 3.16. The minimum Gasteiger partial charge on any atom is -0.493 e. The molecule has 0 bridgehead atoms. The largest absolute Gasteiger partial charge is 0.493 e. The molecule has 2 rings (SSSR count). The summed E-state index contributed by atoms with van der Waals surface area (Å²) in [7, 11) is 0. The van der Waals surface area contributed by atoms with Gasteiger partial charge in [-0.25, -0.2) is 0 Å². The molecule has 0 aromatic heterocycles. The number of hydrogen-bond donors (Lipinski definition) is 1. The first-order valence-electron chi connectivity index (χ1n) is 9.31. The second kappa shape index (κ2) is 9.78. The summed E-state index contributed by atoms with van der Waals surface area (Å²) in [4.78, 5) is 14.3. The molecule has 0 saturated carbocycles. The van der Waals surface area contributed by atoms with Gasteiger partial charge in [-0.05, 0) is 69.3 Å². The highest BCUT2D eigenvalue weighted by molar-refractivity contribution is 5.76. The molecule has 0 atom stereocenters. The molecule has 1 aromatic rings. The number of amides is 1. The Hall–Kier alpha value is -1.59. The number of carbonyl (C=O) groups is 1. The molecule has 25 heavy (non-hydrogen) atoms. The zero-order chi connectivity index (χ0) is 18.2. The quantitative estimate of drug-likeness (QED) is 0.734. The minimum atomic E-state index is 0.169. The first-order valence-corrected chi connectivity index (χ1v) is 9.31. The SMILES string of the molecule is Cc1cc(C)c(C)c(OCCC(=O)N2CCC(OCCCN)CC2)c1. The number of benzene rings is 1. The average molecular weight is 348 g/mol. The van der Waals surface area contributed by atoms with Crippen molar-refractivity contribution < 1.29 is 14.3 Å². The lowest BCUT2D eigenvalue weighted by Crippen LogP contribution is -2.41. The highest BCUT2D eigenvalue weighted by Gasteiger charge is 2.23. The number of aryl methyl sites for hydroxylation is 2. The van der Waals surface area contributed by atoms with Crippen LogP contribution in [-0.2, 0) is 9.53 Å². The van der Waals surface area contributed by atoms with Crippen LogP contribution in [0.15, 0.2) is 12.1 Å². The van der Waals surface area contributed by atoms with Crippen LogP contribution in [0.3, 0.4) is 0 Å². The van der Waals surface area contributed by atoms with E-state index >= 15 is 0 Å². The van der Waals surface area contributed by atoms with Crippen LogP contribution in [0.1, 0.15) is 42.4 Å². The zero-order valence-electron chi connectivity index (χ0n) is 15.8. The topological polar surface area (TPSA) is 64.8 Å². The molecule has 1 saturated heterocycles. The lowest BCUT2D eigenvalue weighted by atomic mass is 10.1. The molecule has 0 aliphatic carbocycles. The van der Waals surface area contributed by atoms with Crippen molar-refractivity contribution in [2.75, 3.05) is 32.8 Å². The van der Waals surface area contributed by atoms with Crippen LogP contribution >= 0.6 is 0 Å². The highest BCUT2D eigenvalue weighted by atomic mass is 16.5. The average Bonchev–Trinajstić information content (AvgIpc) is 2.59. The molecule has 1 fully saturated rings. The zero-order valence-corrected chi connectivity index (χ0v) is 15.8. The standard InChI is InChI=1S/C20H32N2O3/c1-15-13-16(2)17(3)19(14-15)25-12-7-20(23)22-9-5-18(6-10-22)24-11-4-8-21/h13-14,18H,4-12,21H2,1-3H3. The molecule has 0 spiro atoms. The van der Waals surface area contributed by atoms with Crippen molar-refractivity contribution in [2.45, 2.75) is 52.6 Å². The van der Waals surface area contributed by atoms with Crippen LogP contribution in [0.4, 0.5) is 0 Å². The molecule has 5 heteroatoms. The van der Waals surface area contributed by atoms with Crippen molar-refractivity contribution in [1.29, 1.82) is 0 Å². The normalized spacial score (nSPS) is 15.4. The van der Waals surface area contributed by atoms with Crippen LogP contribution in [0, 0.1) is 20.8 Å². The van der Waals surface area contributed by atoms with Crippen molar-refractivity contribution in [3.63, 3.8) is 0 Å². The van der Waals surface area contributed by atoms with Crippen molar-refractivity contribution in [1.82, 2.24) is 4.90 Å². The van der Waals surface area contributed by atoms with E-state index in [0.717, 1.165) is 50.3 Å². The van der Waals surface area contributed by atoms with Gasteiger partial charge in [-0.15, -0.1) is 0 Å². The van der Waals surface area contributed by atoms with E-state index in [2.05, 4.69) is 26.8 Å². The Kier molecular flexibility index (Phi) is 7.72. The Labute approximate surface area is 151 Å². The first kappa shape index (κ1) is 19.7. The maximum atomic E-state index is 12.4. The molecular weight excluding hydrogens is 316 g/mol. The summed E-state index contributed by atoms with van der Waals surface area (Å²) in [6.45, 7) is 9.56. The second-order valence-corrected chi connectivity index (χ2v) is 6.90. The van der Waals surface area contributed by atoms with Gasteiger partial charge in [0, 0.05) is 19.7 Å². The number of likely N-dealkylation sites (tertiary alicyclic amines) is 1. The lowest BCUT2D eigenvalue weighted by Gasteiger charge is -2.32. The predicted molar refractivity (Wildman–Crippen MR) is 100.0 cm³/mol. The Bertz CT molecular complexity index is 566. The van der Waals surface area contributed by atoms with Crippen LogP contribution in [0.2, 0.25) is 0 Å².